The van der Waals surface area contributed by atoms with Gasteiger partial charge in [-0.1, -0.05) is 34.8 Å². The summed E-state index contributed by atoms with van der Waals surface area (Å²) < 4.78 is 23.2. The summed E-state index contributed by atoms with van der Waals surface area (Å²) in [6.45, 7) is 0. The van der Waals surface area contributed by atoms with Gasteiger partial charge in [-0.25, -0.2) is 9.13 Å². The summed E-state index contributed by atoms with van der Waals surface area (Å²) in [7, 11) is -9.28. The molecule has 0 aliphatic rings. The number of phosphoric acid groups is 2. The highest BCUT2D eigenvalue weighted by molar-refractivity contribution is 7.45. The highest BCUT2D eigenvalue weighted by atomic mass is 35.5. The van der Waals surface area contributed by atoms with Crippen LogP contribution in [0.25, 0.3) is 0 Å². The number of ether oxygens (including phenoxy) is 1. The molecule has 0 aliphatic carbocycles. The van der Waals surface area contributed by atoms with Crippen molar-refractivity contribution in [2.45, 2.75) is 0 Å². The minimum absolute atomic E-state index is 0.0523. The summed E-state index contributed by atoms with van der Waals surface area (Å²) in [5, 5.41) is 10.9. The number of hydrogen-bond acceptors (Lipinski definition) is 4. The first kappa shape index (κ1) is 26.1. The van der Waals surface area contributed by atoms with E-state index in [0.717, 1.165) is 0 Å². The van der Waals surface area contributed by atoms with Gasteiger partial charge in [-0.3, -0.25) is 0 Å². The zero-order chi connectivity index (χ0) is 21.4. The van der Waals surface area contributed by atoms with Crippen LogP contribution in [0, 0.1) is 0 Å². The Hall–Kier alpha value is -0.870. The summed E-state index contributed by atoms with van der Waals surface area (Å²) in [5.74, 6) is 0.635. The number of benzene rings is 2. The number of aromatic hydroxyl groups is 1. The summed E-state index contributed by atoms with van der Waals surface area (Å²) in [4.78, 5) is 43.1. The predicted octanol–water partition coefficient (Wildman–Crippen LogP) is 3.29. The predicted molar refractivity (Wildman–Crippen MR) is 98.2 cm³/mol. The van der Waals surface area contributed by atoms with Gasteiger partial charge in [0.2, 0.25) is 0 Å². The maximum absolute atomic E-state index is 9.62. The van der Waals surface area contributed by atoms with Gasteiger partial charge in [0, 0.05) is 16.1 Å². The third-order valence-corrected chi connectivity index (χ3v) is 2.80. The molecule has 0 saturated heterocycles. The van der Waals surface area contributed by atoms with Crippen LogP contribution in [0.4, 0.5) is 0 Å². The number of rotatable bonds is 2. The Balaban J connectivity index is 0.000000563. The fourth-order valence-corrected chi connectivity index (χ4v) is 1.87. The lowest BCUT2D eigenvalue weighted by Gasteiger charge is -2.09. The number of phenolic OH excluding ortho intramolecular Hbond substituents is 1. The van der Waals surface area contributed by atoms with Crippen molar-refractivity contribution in [1.29, 1.82) is 0 Å². The van der Waals surface area contributed by atoms with Crippen molar-refractivity contribution in [2.24, 2.45) is 0 Å². The van der Waals surface area contributed by atoms with Gasteiger partial charge in [0.25, 0.3) is 0 Å². The average Bonchev–Trinajstić information content (AvgIpc) is 2.40. The van der Waals surface area contributed by atoms with Gasteiger partial charge in [-0.15, -0.1) is 0 Å². The zero-order valence-electron chi connectivity index (χ0n) is 12.8. The van der Waals surface area contributed by atoms with E-state index in [1.807, 2.05) is 0 Å². The summed E-state index contributed by atoms with van der Waals surface area (Å²) >= 11 is 17.4. The van der Waals surface area contributed by atoms with Crippen molar-refractivity contribution in [3.8, 4) is 17.2 Å². The first-order valence-electron chi connectivity index (χ1n) is 6.24. The minimum atomic E-state index is -4.64. The van der Waals surface area contributed by atoms with Gasteiger partial charge in [0.1, 0.15) is 5.75 Å². The van der Waals surface area contributed by atoms with Gasteiger partial charge in [0.05, 0.1) is 5.02 Å². The molecule has 2 aromatic carbocycles. The Morgan fingerprint density at radius 1 is 0.704 bits per heavy atom. The average molecular weight is 486 g/mol. The second kappa shape index (κ2) is 11.2. The normalized spacial score (nSPS) is 10.9. The molecule has 0 spiro atoms. The molecule has 2 rings (SSSR count). The lowest BCUT2D eigenvalue weighted by atomic mass is 10.3. The molecule has 0 heterocycles. The molecule has 2 aromatic rings. The first-order chi connectivity index (χ1) is 12.1. The third-order valence-electron chi connectivity index (χ3n) is 2.03. The van der Waals surface area contributed by atoms with E-state index in [1.165, 1.54) is 6.07 Å². The number of halogens is 3. The van der Waals surface area contributed by atoms with Crippen LogP contribution in [0.1, 0.15) is 0 Å². The molecule has 0 amide bonds. The van der Waals surface area contributed by atoms with E-state index >= 15 is 0 Å². The molecule has 10 nitrogen and oxygen atoms in total. The van der Waals surface area contributed by atoms with E-state index < -0.39 is 15.6 Å². The lowest BCUT2D eigenvalue weighted by Crippen LogP contribution is -1.86. The van der Waals surface area contributed by atoms with E-state index in [2.05, 4.69) is 0 Å². The molecule has 0 atom stereocenters. The largest absolute Gasteiger partial charge is 0.504 e. The van der Waals surface area contributed by atoms with Gasteiger partial charge >= 0.3 is 15.6 Å². The van der Waals surface area contributed by atoms with Gasteiger partial charge in [-0.2, -0.15) is 0 Å². The highest BCUT2D eigenvalue weighted by Crippen LogP contribution is 2.36. The van der Waals surface area contributed by atoms with Gasteiger partial charge < -0.3 is 39.2 Å². The smallest absolute Gasteiger partial charge is 0.466 e. The van der Waals surface area contributed by atoms with Crippen LogP contribution in [-0.4, -0.2) is 34.5 Å². The molecule has 152 valence electrons. The summed E-state index contributed by atoms with van der Waals surface area (Å²) in [6.07, 6.45) is 0. The van der Waals surface area contributed by atoms with Crippen molar-refractivity contribution in [1.82, 2.24) is 0 Å². The second-order valence-electron chi connectivity index (χ2n) is 4.32. The molecular weight excluding hydrogens is 472 g/mol. The fraction of sp³-hybridized carbons (Fsp3) is 0. The van der Waals surface area contributed by atoms with E-state index in [-0.39, 0.29) is 11.5 Å². The molecule has 7 N–H and O–H groups in total. The van der Waals surface area contributed by atoms with Crippen molar-refractivity contribution in [3.63, 3.8) is 0 Å². The quantitative estimate of drug-likeness (QED) is 0.311. The van der Waals surface area contributed by atoms with E-state index in [4.69, 9.17) is 78.0 Å². The van der Waals surface area contributed by atoms with Gasteiger partial charge in [0.15, 0.2) is 11.5 Å². The molecule has 0 fully saturated rings. The molecule has 0 aliphatic heterocycles. The van der Waals surface area contributed by atoms with Crippen molar-refractivity contribution < 1.29 is 48.3 Å². The summed E-state index contributed by atoms with van der Waals surface area (Å²) in [5.41, 5.74) is 0. The van der Waals surface area contributed by atoms with E-state index in [9.17, 15) is 5.11 Å². The highest BCUT2D eigenvalue weighted by Gasteiger charge is 2.08. The molecule has 15 heteroatoms. The van der Waals surface area contributed by atoms with Crippen LogP contribution in [0.5, 0.6) is 17.2 Å². The lowest BCUT2D eigenvalue weighted by molar-refractivity contribution is 0.272. The van der Waals surface area contributed by atoms with Crippen molar-refractivity contribution >= 4 is 50.4 Å². The topological polar surface area (TPSA) is 185 Å². The standard InChI is InChI=1S/C12H7Cl3O2.2H3O4P/c13-7-1-3-11(9(15)5-7)17-12-4-2-8(14)6-10(12)16;2*1-5(2,3)4/h1-6,16H;2*(H3,1,2,3,4). The molecule has 0 saturated carbocycles. The molecule has 0 aromatic heterocycles. The Bertz CT molecular complexity index is 765. The molecule has 27 heavy (non-hydrogen) atoms. The Morgan fingerprint density at radius 2 is 1.07 bits per heavy atom. The van der Waals surface area contributed by atoms with Gasteiger partial charge in [-0.05, 0) is 30.3 Å². The second-order valence-corrected chi connectivity index (χ2v) is 7.65. The summed E-state index contributed by atoms with van der Waals surface area (Å²) in [6, 6.07) is 9.39. The van der Waals surface area contributed by atoms with Crippen molar-refractivity contribution in [2.75, 3.05) is 0 Å². The van der Waals surface area contributed by atoms with Crippen molar-refractivity contribution in [3.05, 3.63) is 51.5 Å². The first-order valence-corrected chi connectivity index (χ1v) is 10.5. The van der Waals surface area contributed by atoms with Crippen LogP contribution in [0.2, 0.25) is 15.1 Å². The monoisotopic (exact) mass is 484 g/mol. The number of phenols is 1. The van der Waals surface area contributed by atoms with Crippen LogP contribution in [0.15, 0.2) is 36.4 Å². The maximum Gasteiger partial charge on any atom is 0.466 e. The maximum atomic E-state index is 9.62. The third kappa shape index (κ3) is 15.8. The van der Waals surface area contributed by atoms with Crippen LogP contribution < -0.4 is 4.74 Å². The van der Waals surface area contributed by atoms with Crippen LogP contribution >= 0.6 is 50.4 Å². The zero-order valence-corrected chi connectivity index (χ0v) is 16.9. The Kier molecular flexibility index (Phi) is 10.8. The Labute approximate surface area is 167 Å². The Morgan fingerprint density at radius 3 is 1.44 bits per heavy atom. The minimum Gasteiger partial charge on any atom is -0.504 e. The fourth-order valence-electron chi connectivity index (χ4n) is 1.25. The SMILES string of the molecule is O=P(O)(O)O.O=P(O)(O)O.Oc1cc(Cl)ccc1Oc1ccc(Cl)cc1Cl. The molecule has 0 radical (unpaired) electrons. The molecular formula is C12H13Cl3O10P2. The van der Waals surface area contributed by atoms with E-state index in [1.54, 1.807) is 30.3 Å². The van der Waals surface area contributed by atoms with E-state index in [0.29, 0.717) is 20.8 Å². The molecule has 0 unspecified atom stereocenters. The van der Waals surface area contributed by atoms with Crippen LogP contribution in [-0.2, 0) is 9.13 Å². The van der Waals surface area contributed by atoms with Crippen LogP contribution in [0.3, 0.4) is 0 Å². The molecule has 0 bridgehead atoms. The number of hydrogen-bond donors (Lipinski definition) is 7.